The molecule has 180 valence electrons. The molecule has 4 heterocycles. The number of hydrogen-bond acceptors (Lipinski definition) is 6. The number of β-amino-alcohol motifs (C(OH)–C–C–N with tert-alkyl or cyclic N) is 1. The summed E-state index contributed by atoms with van der Waals surface area (Å²) in [5.74, 6) is 0.775. The molecule has 6 rings (SSSR count). The molecule has 1 saturated carbocycles. The summed E-state index contributed by atoms with van der Waals surface area (Å²) in [6, 6.07) is 1.72. The minimum absolute atomic E-state index is 0.0262. The molecule has 2 aliphatic carbocycles. The van der Waals surface area contributed by atoms with Crippen LogP contribution >= 0.6 is 0 Å². The Kier molecular flexibility index (Phi) is 5.02. The molecule has 0 radical (unpaired) electrons. The van der Waals surface area contributed by atoms with Crippen LogP contribution in [0.1, 0.15) is 43.2 Å². The maximum atomic E-state index is 13.4. The lowest BCUT2D eigenvalue weighted by atomic mass is 9.93. The topological polar surface area (TPSA) is 95.7 Å². The Labute approximate surface area is 199 Å². The van der Waals surface area contributed by atoms with Gasteiger partial charge in [0.2, 0.25) is 10.0 Å². The number of nitrogens with zero attached hydrogens (tertiary/aromatic N) is 4. The summed E-state index contributed by atoms with van der Waals surface area (Å²) in [6.07, 6.45) is 12.4. The lowest BCUT2D eigenvalue weighted by Gasteiger charge is -2.34. The molecule has 0 amide bonds. The van der Waals surface area contributed by atoms with E-state index in [-0.39, 0.29) is 17.0 Å². The quantitative estimate of drug-likeness (QED) is 0.718. The number of aromatic nitrogens is 2. The van der Waals surface area contributed by atoms with E-state index in [4.69, 9.17) is 4.98 Å². The minimum Gasteiger partial charge on any atom is -0.392 e. The molecule has 1 atom stereocenters. The zero-order chi connectivity index (χ0) is 23.7. The van der Waals surface area contributed by atoms with Crippen LogP contribution in [0.3, 0.4) is 0 Å². The van der Waals surface area contributed by atoms with Gasteiger partial charge in [-0.3, -0.25) is 4.79 Å². The van der Waals surface area contributed by atoms with Gasteiger partial charge in [0, 0.05) is 62.3 Å². The van der Waals surface area contributed by atoms with Crippen molar-refractivity contribution in [3.05, 3.63) is 46.0 Å². The molecule has 9 heteroatoms. The Morgan fingerprint density at radius 3 is 2.56 bits per heavy atom. The zero-order valence-electron chi connectivity index (χ0n) is 19.4. The number of piperidine rings is 1. The fourth-order valence-corrected chi connectivity index (χ4v) is 7.15. The Morgan fingerprint density at radius 2 is 1.88 bits per heavy atom. The molecule has 1 N–H and O–H groups in total. The average Bonchev–Trinajstić information content (AvgIpc) is 3.21. The summed E-state index contributed by atoms with van der Waals surface area (Å²) in [6.45, 7) is 2.20. The van der Waals surface area contributed by atoms with Crippen LogP contribution < -0.4 is 10.5 Å². The first-order chi connectivity index (χ1) is 16.3. The van der Waals surface area contributed by atoms with E-state index in [2.05, 4.69) is 4.90 Å². The molecule has 0 unspecified atom stereocenters. The van der Waals surface area contributed by atoms with Gasteiger partial charge in [-0.2, -0.15) is 4.31 Å². The monoisotopic (exact) mass is 482 g/mol. The highest BCUT2D eigenvalue weighted by atomic mass is 32.2. The number of rotatable bonds is 4. The molecule has 4 aliphatic rings. The van der Waals surface area contributed by atoms with Crippen molar-refractivity contribution in [2.75, 3.05) is 31.1 Å². The summed E-state index contributed by atoms with van der Waals surface area (Å²) in [5, 5.41) is 9.90. The van der Waals surface area contributed by atoms with Crippen molar-refractivity contribution in [3.8, 4) is 11.1 Å². The second kappa shape index (κ2) is 7.76. The molecule has 2 aromatic rings. The highest BCUT2D eigenvalue weighted by molar-refractivity contribution is 7.89. The number of aliphatic hydroxyl groups is 1. The van der Waals surface area contributed by atoms with Crippen molar-refractivity contribution in [2.45, 2.75) is 49.5 Å². The number of anilines is 1. The largest absolute Gasteiger partial charge is 0.392 e. The lowest BCUT2D eigenvalue weighted by Crippen LogP contribution is -2.35. The Balaban J connectivity index is 1.49. The number of aryl methyl sites for hydroxylation is 1. The maximum absolute atomic E-state index is 13.4. The summed E-state index contributed by atoms with van der Waals surface area (Å²) in [5.41, 5.74) is 3.65. The first kappa shape index (κ1) is 22.0. The van der Waals surface area contributed by atoms with Crippen LogP contribution in [0.2, 0.25) is 0 Å². The predicted molar refractivity (Wildman–Crippen MR) is 130 cm³/mol. The number of aliphatic hydroxyl groups excluding tert-OH is 1. The fraction of sp³-hybridized carbons (Fsp3) is 0.520. The molecular weight excluding hydrogens is 452 g/mol. The van der Waals surface area contributed by atoms with Crippen LogP contribution in [0.15, 0.2) is 34.2 Å². The normalized spacial score (nSPS) is 23.6. The van der Waals surface area contributed by atoms with Crippen molar-refractivity contribution >= 4 is 21.9 Å². The van der Waals surface area contributed by atoms with Crippen molar-refractivity contribution < 1.29 is 13.5 Å². The average molecular weight is 483 g/mol. The Morgan fingerprint density at radius 1 is 1.12 bits per heavy atom. The zero-order valence-corrected chi connectivity index (χ0v) is 20.2. The van der Waals surface area contributed by atoms with Gasteiger partial charge in [-0.15, -0.1) is 0 Å². The molecule has 0 aromatic carbocycles. The van der Waals surface area contributed by atoms with Crippen LogP contribution in [0.4, 0.5) is 5.82 Å². The van der Waals surface area contributed by atoms with Crippen LogP contribution in [0, 0.1) is 5.41 Å². The van der Waals surface area contributed by atoms with E-state index in [0.717, 1.165) is 54.0 Å². The molecule has 2 aliphatic heterocycles. The van der Waals surface area contributed by atoms with E-state index >= 15 is 0 Å². The maximum Gasteiger partial charge on any atom is 0.254 e. The van der Waals surface area contributed by atoms with Crippen molar-refractivity contribution in [1.82, 2.24) is 13.9 Å². The molecule has 2 saturated heterocycles. The van der Waals surface area contributed by atoms with Gasteiger partial charge in [0.15, 0.2) is 0 Å². The molecule has 34 heavy (non-hydrogen) atoms. The second-order valence-corrected chi connectivity index (χ2v) is 12.2. The van der Waals surface area contributed by atoms with Gasteiger partial charge in [0.25, 0.3) is 5.56 Å². The van der Waals surface area contributed by atoms with E-state index < -0.39 is 16.1 Å². The first-order valence-electron chi connectivity index (χ1n) is 12.1. The minimum atomic E-state index is -3.78. The van der Waals surface area contributed by atoms with E-state index in [0.29, 0.717) is 24.8 Å². The lowest BCUT2D eigenvalue weighted by molar-refractivity contribution is 0.189. The summed E-state index contributed by atoms with van der Waals surface area (Å²) in [4.78, 5) is 19.8. The third-order valence-electron chi connectivity index (χ3n) is 8.10. The van der Waals surface area contributed by atoms with Crippen molar-refractivity contribution in [3.63, 3.8) is 0 Å². The highest BCUT2D eigenvalue weighted by Gasteiger charge is 2.45. The molecule has 0 bridgehead atoms. The van der Waals surface area contributed by atoms with Gasteiger partial charge in [-0.1, -0.05) is 12.2 Å². The van der Waals surface area contributed by atoms with E-state index in [1.165, 1.54) is 23.3 Å². The highest BCUT2D eigenvalue weighted by Crippen LogP contribution is 2.54. The van der Waals surface area contributed by atoms with E-state index in [1.54, 1.807) is 23.9 Å². The summed E-state index contributed by atoms with van der Waals surface area (Å²) >= 11 is 0. The molecule has 1 spiro atoms. The number of fused-ring (bicyclic) bond motifs is 1. The van der Waals surface area contributed by atoms with Crippen LogP contribution in [0.5, 0.6) is 0 Å². The Bertz CT molecular complexity index is 1350. The van der Waals surface area contributed by atoms with Crippen LogP contribution in [0.25, 0.3) is 17.2 Å². The fourth-order valence-electron chi connectivity index (χ4n) is 5.69. The molecule has 3 fully saturated rings. The standard InChI is InChI=1S/C25H30N4O4S/c1-27-16-22(19-3-2-4-20(19)24(27)31)21-13-18(34(32,33)29-10-5-17(30)15-29)14-26-23(21)28-11-8-25(6-7-25)9-12-28/h2-3,13-14,16-17,30H,4-12,15H2,1H3/t17-/m1/s1. The molecular formula is C25H30N4O4S. The van der Waals surface area contributed by atoms with Gasteiger partial charge in [0.1, 0.15) is 10.7 Å². The summed E-state index contributed by atoms with van der Waals surface area (Å²) < 4.78 is 29.7. The van der Waals surface area contributed by atoms with E-state index in [9.17, 15) is 18.3 Å². The molecule has 2 aromatic heterocycles. The summed E-state index contributed by atoms with van der Waals surface area (Å²) in [7, 11) is -2.05. The van der Waals surface area contributed by atoms with E-state index in [1.807, 2.05) is 12.2 Å². The van der Waals surface area contributed by atoms with Gasteiger partial charge in [0.05, 0.1) is 6.10 Å². The number of allylic oxidation sites excluding steroid dienone is 1. The smallest absolute Gasteiger partial charge is 0.254 e. The number of sulfonamides is 1. The van der Waals surface area contributed by atoms with Crippen LogP contribution in [-0.4, -0.2) is 59.7 Å². The predicted octanol–water partition coefficient (Wildman–Crippen LogP) is 2.15. The third kappa shape index (κ3) is 3.52. The van der Waals surface area contributed by atoms with Crippen molar-refractivity contribution in [2.24, 2.45) is 12.5 Å². The first-order valence-corrected chi connectivity index (χ1v) is 13.5. The SMILES string of the molecule is Cn1cc(-c2cc(S(=O)(=O)N3CC[C@@H](O)C3)cnc2N2CCC3(CC2)CC3)c2c(c1=O)CC=C2. The number of hydrogen-bond donors (Lipinski definition) is 1. The van der Waals surface area contributed by atoms with Gasteiger partial charge >= 0.3 is 0 Å². The third-order valence-corrected chi connectivity index (χ3v) is 9.93. The molecule has 8 nitrogen and oxygen atoms in total. The number of pyridine rings is 2. The van der Waals surface area contributed by atoms with Crippen molar-refractivity contribution in [1.29, 1.82) is 0 Å². The van der Waals surface area contributed by atoms with Gasteiger partial charge in [-0.25, -0.2) is 13.4 Å². The van der Waals surface area contributed by atoms with Gasteiger partial charge in [-0.05, 0) is 55.6 Å². The second-order valence-electron chi connectivity index (χ2n) is 10.3. The Hall–Kier alpha value is -2.49. The van der Waals surface area contributed by atoms with Gasteiger partial charge < -0.3 is 14.6 Å². The van der Waals surface area contributed by atoms with Crippen LogP contribution in [-0.2, 0) is 23.5 Å².